The van der Waals surface area contributed by atoms with Crippen molar-refractivity contribution in [1.29, 1.82) is 0 Å². The predicted molar refractivity (Wildman–Crippen MR) is 105 cm³/mol. The Hall–Kier alpha value is -2.76. The van der Waals surface area contributed by atoms with Crippen molar-refractivity contribution < 1.29 is 9.59 Å². The molecule has 3 amide bonds. The number of carbonyl (C=O) groups is 2. The lowest BCUT2D eigenvalue weighted by Gasteiger charge is -2.38. The van der Waals surface area contributed by atoms with Crippen molar-refractivity contribution in [3.8, 4) is 0 Å². The lowest BCUT2D eigenvalue weighted by Crippen LogP contribution is -2.49. The molecule has 0 spiro atoms. The number of benzene rings is 1. The van der Waals surface area contributed by atoms with Gasteiger partial charge in [0.2, 0.25) is 5.91 Å². The summed E-state index contributed by atoms with van der Waals surface area (Å²) in [6.45, 7) is 6.52. The normalized spacial score (nSPS) is 15.9. The minimum Gasteiger partial charge on any atom is -0.348 e. The van der Waals surface area contributed by atoms with E-state index in [1.54, 1.807) is 4.90 Å². The summed E-state index contributed by atoms with van der Waals surface area (Å²) in [5, 5.41) is 2.86. The molecule has 0 aliphatic carbocycles. The van der Waals surface area contributed by atoms with Gasteiger partial charge in [-0.15, -0.1) is 0 Å². The Labute approximate surface area is 160 Å². The summed E-state index contributed by atoms with van der Waals surface area (Å²) in [6, 6.07) is 13.9. The number of likely N-dealkylation sites (N-methyl/N-ethyl adjacent to an activating group) is 1. The number of aromatic nitrogens is 1. The molecule has 6 nitrogen and oxygen atoms in total. The highest BCUT2D eigenvalue weighted by molar-refractivity contribution is 5.84. The van der Waals surface area contributed by atoms with Crippen molar-refractivity contribution >= 4 is 11.9 Å². The number of hydrogen-bond acceptors (Lipinski definition) is 2. The minimum atomic E-state index is -0.177. The second-order valence-corrected chi connectivity index (χ2v) is 6.77. The molecule has 1 aliphatic rings. The van der Waals surface area contributed by atoms with Gasteiger partial charge in [-0.1, -0.05) is 37.3 Å². The molecule has 0 bridgehead atoms. The maximum Gasteiger partial charge on any atom is 0.317 e. The number of fused-ring (bicyclic) bond motifs is 1. The molecule has 1 unspecified atom stereocenters. The number of nitrogens with zero attached hydrogens (tertiary/aromatic N) is 3. The lowest BCUT2D eigenvalue weighted by atomic mass is 10.00. The van der Waals surface area contributed by atoms with Gasteiger partial charge in [0.05, 0.1) is 6.04 Å². The molecule has 2 heterocycles. The van der Waals surface area contributed by atoms with Gasteiger partial charge in [0.1, 0.15) is 6.54 Å². The Morgan fingerprint density at radius 3 is 2.59 bits per heavy atom. The van der Waals surface area contributed by atoms with Crippen LogP contribution < -0.4 is 5.32 Å². The predicted octanol–water partition coefficient (Wildman–Crippen LogP) is 2.86. The van der Waals surface area contributed by atoms with E-state index in [4.69, 9.17) is 0 Å². The second-order valence-electron chi connectivity index (χ2n) is 6.77. The number of carbonyl (C=O) groups excluding carboxylic acids is 2. The maximum atomic E-state index is 13.2. The van der Waals surface area contributed by atoms with E-state index in [9.17, 15) is 9.59 Å². The summed E-state index contributed by atoms with van der Waals surface area (Å²) in [5.41, 5.74) is 2.20. The van der Waals surface area contributed by atoms with Gasteiger partial charge in [-0.05, 0) is 31.0 Å². The monoisotopic (exact) mass is 368 g/mol. The van der Waals surface area contributed by atoms with Crippen LogP contribution in [0.1, 0.15) is 37.6 Å². The van der Waals surface area contributed by atoms with Crippen LogP contribution in [0.25, 0.3) is 0 Å². The Morgan fingerprint density at radius 1 is 1.11 bits per heavy atom. The van der Waals surface area contributed by atoms with Crippen LogP contribution in [0.5, 0.6) is 0 Å². The first-order valence-corrected chi connectivity index (χ1v) is 9.68. The Morgan fingerprint density at radius 2 is 1.89 bits per heavy atom. The SMILES string of the molecule is CCCNC(=O)N(CC)CC(=O)N1CCn2cccc2C1c1ccccc1. The molecule has 0 saturated heterocycles. The highest BCUT2D eigenvalue weighted by atomic mass is 16.2. The van der Waals surface area contributed by atoms with Gasteiger partial charge in [-0.25, -0.2) is 4.79 Å². The molecule has 6 heteroatoms. The Balaban J connectivity index is 1.81. The highest BCUT2D eigenvalue weighted by Crippen LogP contribution is 2.32. The van der Waals surface area contributed by atoms with Crippen molar-refractivity contribution in [1.82, 2.24) is 19.7 Å². The van der Waals surface area contributed by atoms with Gasteiger partial charge in [0.15, 0.2) is 0 Å². The van der Waals surface area contributed by atoms with E-state index in [1.165, 1.54) is 0 Å². The van der Waals surface area contributed by atoms with Gasteiger partial charge >= 0.3 is 6.03 Å². The molecule has 1 atom stereocenters. The van der Waals surface area contributed by atoms with Gasteiger partial charge in [0.25, 0.3) is 0 Å². The topological polar surface area (TPSA) is 57.6 Å². The summed E-state index contributed by atoms with van der Waals surface area (Å²) >= 11 is 0. The third kappa shape index (κ3) is 4.15. The quantitative estimate of drug-likeness (QED) is 0.852. The molecule has 2 aromatic rings. The third-order valence-corrected chi connectivity index (χ3v) is 5.00. The average molecular weight is 368 g/mol. The molecule has 0 radical (unpaired) electrons. The minimum absolute atomic E-state index is 0.0233. The standard InChI is InChI=1S/C21H28N4O2/c1-3-12-22-21(27)23(4-2)16-19(26)25-15-14-24-13-8-11-18(24)20(25)17-9-6-5-7-10-17/h5-11,13,20H,3-4,12,14-16H2,1-2H3,(H,22,27). The van der Waals surface area contributed by atoms with E-state index in [0.717, 1.165) is 24.2 Å². The first kappa shape index (κ1) is 19.0. The zero-order chi connectivity index (χ0) is 19.2. The fraction of sp³-hybridized carbons (Fsp3) is 0.429. The number of nitrogens with one attached hydrogen (secondary N) is 1. The first-order valence-electron chi connectivity index (χ1n) is 9.68. The van der Waals surface area contributed by atoms with Gasteiger partial charge in [0, 0.05) is 38.1 Å². The molecule has 27 heavy (non-hydrogen) atoms. The van der Waals surface area contributed by atoms with Crippen LogP contribution >= 0.6 is 0 Å². The Bertz CT molecular complexity index is 771. The maximum absolute atomic E-state index is 13.2. The zero-order valence-corrected chi connectivity index (χ0v) is 16.1. The smallest absolute Gasteiger partial charge is 0.317 e. The van der Waals surface area contributed by atoms with Crippen molar-refractivity contribution in [2.75, 3.05) is 26.2 Å². The molecule has 1 aromatic carbocycles. The first-order chi connectivity index (χ1) is 13.2. The Kier molecular flexibility index (Phi) is 6.16. The van der Waals surface area contributed by atoms with Crippen LogP contribution in [0.15, 0.2) is 48.7 Å². The number of amides is 3. The molecule has 0 saturated carbocycles. The van der Waals surface area contributed by atoms with E-state index in [2.05, 4.69) is 34.3 Å². The summed E-state index contributed by atoms with van der Waals surface area (Å²) in [5.74, 6) is -0.0233. The van der Waals surface area contributed by atoms with Crippen molar-refractivity contribution in [3.05, 3.63) is 59.9 Å². The van der Waals surface area contributed by atoms with Crippen LogP contribution in [0.4, 0.5) is 4.79 Å². The molecule has 3 rings (SSSR count). The van der Waals surface area contributed by atoms with Crippen LogP contribution in [-0.2, 0) is 11.3 Å². The molecule has 1 aromatic heterocycles. The van der Waals surface area contributed by atoms with E-state index < -0.39 is 0 Å². The summed E-state index contributed by atoms with van der Waals surface area (Å²) in [4.78, 5) is 28.9. The van der Waals surface area contributed by atoms with Crippen molar-refractivity contribution in [2.24, 2.45) is 0 Å². The molecular weight excluding hydrogens is 340 g/mol. The lowest BCUT2D eigenvalue weighted by molar-refractivity contribution is -0.134. The van der Waals surface area contributed by atoms with Crippen LogP contribution in [0, 0.1) is 0 Å². The van der Waals surface area contributed by atoms with Crippen LogP contribution in [-0.4, -0.2) is 52.5 Å². The van der Waals surface area contributed by atoms with Gasteiger partial charge in [-0.3, -0.25) is 4.79 Å². The van der Waals surface area contributed by atoms with Crippen LogP contribution in [0.2, 0.25) is 0 Å². The van der Waals surface area contributed by atoms with Gasteiger partial charge in [-0.2, -0.15) is 0 Å². The number of rotatable bonds is 6. The van der Waals surface area contributed by atoms with Crippen LogP contribution in [0.3, 0.4) is 0 Å². The molecule has 1 N–H and O–H groups in total. The molecule has 0 fully saturated rings. The number of urea groups is 1. The summed E-state index contributed by atoms with van der Waals surface area (Å²) < 4.78 is 2.20. The van der Waals surface area contributed by atoms with E-state index >= 15 is 0 Å². The second kappa shape index (κ2) is 8.75. The van der Waals surface area contributed by atoms with E-state index in [-0.39, 0.29) is 24.5 Å². The largest absolute Gasteiger partial charge is 0.348 e. The molecular formula is C21H28N4O2. The zero-order valence-electron chi connectivity index (χ0n) is 16.1. The summed E-state index contributed by atoms with van der Waals surface area (Å²) in [7, 11) is 0. The van der Waals surface area contributed by atoms with Crippen molar-refractivity contribution in [3.63, 3.8) is 0 Å². The third-order valence-electron chi connectivity index (χ3n) is 5.00. The molecule has 1 aliphatic heterocycles. The van der Waals surface area contributed by atoms with E-state index in [0.29, 0.717) is 19.6 Å². The molecule has 144 valence electrons. The fourth-order valence-corrected chi connectivity index (χ4v) is 3.56. The van der Waals surface area contributed by atoms with E-state index in [1.807, 2.05) is 43.0 Å². The van der Waals surface area contributed by atoms with Gasteiger partial charge < -0.3 is 19.7 Å². The average Bonchev–Trinajstić information content (AvgIpc) is 3.18. The fourth-order valence-electron chi connectivity index (χ4n) is 3.56. The number of hydrogen-bond donors (Lipinski definition) is 1. The summed E-state index contributed by atoms with van der Waals surface area (Å²) in [6.07, 6.45) is 2.93. The van der Waals surface area contributed by atoms with Crippen molar-refractivity contribution in [2.45, 2.75) is 32.9 Å². The highest BCUT2D eigenvalue weighted by Gasteiger charge is 2.33.